The molecule has 14 heteroatoms. The van der Waals surface area contributed by atoms with E-state index >= 15 is 0 Å². The number of nitrogens with one attached hydrogen (secondary N) is 2. The summed E-state index contributed by atoms with van der Waals surface area (Å²) in [7, 11) is 0. The van der Waals surface area contributed by atoms with Crippen molar-refractivity contribution in [3.05, 3.63) is 30.1 Å². The van der Waals surface area contributed by atoms with Crippen molar-refractivity contribution < 1.29 is 45.1 Å². The van der Waals surface area contributed by atoms with E-state index in [2.05, 4.69) is 4.99 Å². The first-order valence-corrected chi connectivity index (χ1v) is 7.25. The number of carbonyl (C=O) groups is 3. The van der Waals surface area contributed by atoms with Gasteiger partial charge in [-0.3, -0.25) is 10.1 Å². The summed E-state index contributed by atoms with van der Waals surface area (Å²) < 4.78 is 95.5. The number of para-hydroxylation sites is 1. The maximum absolute atomic E-state index is 14.1. The Hall–Kier alpha value is -3.19. The summed E-state index contributed by atoms with van der Waals surface area (Å²) in [6.45, 7) is 0. The molecule has 2 N–H and O–H groups in total. The van der Waals surface area contributed by atoms with Crippen LogP contribution < -0.4 is 15.5 Å². The Morgan fingerprint density at radius 1 is 1.00 bits per heavy atom. The lowest BCUT2D eigenvalue weighted by Crippen LogP contribution is -2.80. The van der Waals surface area contributed by atoms with Crippen LogP contribution in [-0.4, -0.2) is 41.7 Å². The minimum absolute atomic E-state index is 0.00757. The first-order valence-electron chi connectivity index (χ1n) is 7.25. The Kier molecular flexibility index (Phi) is 4.13. The predicted octanol–water partition coefficient (Wildman–Crippen LogP) is 2.48. The van der Waals surface area contributed by atoms with Gasteiger partial charge in [0, 0.05) is 0 Å². The highest BCUT2D eigenvalue weighted by molar-refractivity contribution is 6.32. The van der Waals surface area contributed by atoms with E-state index in [4.69, 9.17) is 0 Å². The van der Waals surface area contributed by atoms with Crippen molar-refractivity contribution in [2.45, 2.75) is 17.9 Å². The van der Waals surface area contributed by atoms with Gasteiger partial charge in [-0.2, -0.15) is 31.3 Å². The second-order valence-corrected chi connectivity index (χ2v) is 5.72. The van der Waals surface area contributed by atoms with Gasteiger partial charge in [-0.05, 0) is 12.1 Å². The predicted molar refractivity (Wildman–Crippen MR) is 76.7 cm³/mol. The van der Waals surface area contributed by atoms with Gasteiger partial charge >= 0.3 is 24.4 Å². The van der Waals surface area contributed by atoms with Crippen molar-refractivity contribution in [3.8, 4) is 0 Å². The van der Waals surface area contributed by atoms with Crippen LogP contribution in [0.3, 0.4) is 0 Å². The van der Waals surface area contributed by atoms with Crippen LogP contribution in [0.1, 0.15) is 0 Å². The number of carbonyl (C=O) groups excluding carboxylic acids is 3. The Morgan fingerprint density at radius 2 is 1.57 bits per heavy atom. The van der Waals surface area contributed by atoms with Gasteiger partial charge in [0.15, 0.2) is 0 Å². The monoisotopic (exact) mass is 412 g/mol. The SMILES string of the molecule is O=C1N=C2C(C(=O)NC(=O)N2c2ccccc2F)C(C(F)(F)F)(C(F)(F)F)N1. The number of alkyl halides is 6. The minimum Gasteiger partial charge on any atom is -0.313 e. The lowest BCUT2D eigenvalue weighted by atomic mass is 9.78. The first kappa shape index (κ1) is 19.6. The Morgan fingerprint density at radius 3 is 2.11 bits per heavy atom. The van der Waals surface area contributed by atoms with E-state index in [0.29, 0.717) is 5.32 Å². The number of imide groups is 1. The number of halogens is 7. The largest absolute Gasteiger partial charge is 0.421 e. The number of anilines is 1. The summed E-state index contributed by atoms with van der Waals surface area (Å²) in [5, 5.41) is 1.99. The van der Waals surface area contributed by atoms with Gasteiger partial charge in [-0.1, -0.05) is 12.1 Å². The highest BCUT2D eigenvalue weighted by Crippen LogP contribution is 2.50. The summed E-state index contributed by atoms with van der Waals surface area (Å²) in [5.41, 5.74) is -5.88. The van der Waals surface area contributed by atoms with Crippen LogP contribution >= 0.6 is 0 Å². The molecule has 1 saturated heterocycles. The number of urea groups is 2. The standard InChI is InChI=1S/C14H7F7N4O3/c15-5-3-1-2-4-6(5)25-8-7(9(26)23-11(25)28)12(13(16,17)18,14(19,20)21)24-10(27)22-8/h1-4,7H,(H,24,27)(H,23,26,28). The van der Waals surface area contributed by atoms with E-state index in [9.17, 15) is 45.1 Å². The molecule has 2 aliphatic heterocycles. The van der Waals surface area contributed by atoms with Gasteiger partial charge in [0.1, 0.15) is 17.6 Å². The second kappa shape index (κ2) is 5.90. The third-order valence-electron chi connectivity index (χ3n) is 4.12. The summed E-state index contributed by atoms with van der Waals surface area (Å²) in [6.07, 6.45) is -12.4. The Balaban J connectivity index is 2.31. The number of amidine groups is 1. The molecular formula is C14H7F7N4O3. The lowest BCUT2D eigenvalue weighted by Gasteiger charge is -2.47. The molecule has 0 saturated carbocycles. The summed E-state index contributed by atoms with van der Waals surface area (Å²) in [5.74, 6) is -7.96. The molecule has 0 aromatic heterocycles. The quantitative estimate of drug-likeness (QED) is 0.695. The normalized spacial score (nSPS) is 22.2. The number of hydrogen-bond donors (Lipinski definition) is 2. The Bertz CT molecular complexity index is 895. The van der Waals surface area contributed by atoms with Crippen molar-refractivity contribution in [1.82, 2.24) is 10.6 Å². The fourth-order valence-electron chi connectivity index (χ4n) is 2.96. The minimum atomic E-state index is -6.22. The van der Waals surface area contributed by atoms with E-state index in [-0.39, 0.29) is 4.90 Å². The molecule has 0 bridgehead atoms. The van der Waals surface area contributed by atoms with E-state index in [1.54, 1.807) is 0 Å². The van der Waals surface area contributed by atoms with Gasteiger partial charge in [0.05, 0.1) is 5.69 Å². The highest BCUT2D eigenvalue weighted by atomic mass is 19.4. The highest BCUT2D eigenvalue weighted by Gasteiger charge is 2.80. The average Bonchev–Trinajstić information content (AvgIpc) is 2.53. The molecule has 2 aliphatic rings. The molecule has 2 heterocycles. The molecule has 0 spiro atoms. The van der Waals surface area contributed by atoms with E-state index in [1.165, 1.54) is 5.32 Å². The molecule has 1 atom stereocenters. The van der Waals surface area contributed by atoms with Crippen LogP contribution in [0.25, 0.3) is 0 Å². The lowest BCUT2D eigenvalue weighted by molar-refractivity contribution is -0.311. The molecule has 1 aromatic rings. The number of fused-ring (bicyclic) bond motifs is 1. The molecule has 0 radical (unpaired) electrons. The van der Waals surface area contributed by atoms with Crippen LogP contribution in [0, 0.1) is 11.7 Å². The number of nitrogens with zero attached hydrogens (tertiary/aromatic N) is 2. The average molecular weight is 412 g/mol. The zero-order chi connectivity index (χ0) is 21.1. The molecule has 150 valence electrons. The van der Waals surface area contributed by atoms with E-state index in [1.807, 2.05) is 0 Å². The zero-order valence-electron chi connectivity index (χ0n) is 13.2. The van der Waals surface area contributed by atoms with Gasteiger partial charge in [-0.15, -0.1) is 0 Å². The number of benzene rings is 1. The molecule has 28 heavy (non-hydrogen) atoms. The van der Waals surface area contributed by atoms with Crippen LogP contribution in [0.2, 0.25) is 0 Å². The molecule has 0 aliphatic carbocycles. The zero-order valence-corrected chi connectivity index (χ0v) is 13.2. The van der Waals surface area contributed by atoms with Crippen molar-refractivity contribution in [2.24, 2.45) is 10.9 Å². The number of hydrogen-bond acceptors (Lipinski definition) is 3. The molecule has 7 nitrogen and oxygen atoms in total. The molecular weight excluding hydrogens is 405 g/mol. The molecule has 1 aromatic carbocycles. The van der Waals surface area contributed by atoms with Crippen LogP contribution in [-0.2, 0) is 4.79 Å². The number of amides is 5. The summed E-state index contributed by atoms with van der Waals surface area (Å²) >= 11 is 0. The maximum atomic E-state index is 14.1. The maximum Gasteiger partial charge on any atom is 0.421 e. The summed E-state index contributed by atoms with van der Waals surface area (Å²) in [4.78, 5) is 38.7. The molecule has 5 amide bonds. The molecule has 1 unspecified atom stereocenters. The molecule has 3 rings (SSSR count). The van der Waals surface area contributed by atoms with Crippen molar-refractivity contribution in [1.29, 1.82) is 0 Å². The summed E-state index contributed by atoms with van der Waals surface area (Å²) in [6, 6.07) is 0.191. The number of aliphatic imine (C=N–C) groups is 1. The van der Waals surface area contributed by atoms with Crippen molar-refractivity contribution in [3.63, 3.8) is 0 Å². The third-order valence-corrected chi connectivity index (χ3v) is 4.12. The topological polar surface area (TPSA) is 90.9 Å². The van der Waals surface area contributed by atoms with E-state index < -0.39 is 59.1 Å². The van der Waals surface area contributed by atoms with Crippen LogP contribution in [0.4, 0.5) is 46.0 Å². The molecule has 1 fully saturated rings. The van der Waals surface area contributed by atoms with Gasteiger partial charge in [-0.25, -0.2) is 18.9 Å². The van der Waals surface area contributed by atoms with E-state index in [0.717, 1.165) is 24.3 Å². The van der Waals surface area contributed by atoms with Crippen LogP contribution in [0.5, 0.6) is 0 Å². The van der Waals surface area contributed by atoms with Crippen molar-refractivity contribution in [2.75, 3.05) is 4.90 Å². The fourth-order valence-corrected chi connectivity index (χ4v) is 2.96. The second-order valence-electron chi connectivity index (χ2n) is 5.72. The fraction of sp³-hybridized carbons (Fsp3) is 0.286. The van der Waals surface area contributed by atoms with Crippen LogP contribution in [0.15, 0.2) is 29.3 Å². The van der Waals surface area contributed by atoms with Crippen molar-refractivity contribution >= 4 is 29.5 Å². The first-order chi connectivity index (χ1) is 12.8. The Labute approximate surface area is 150 Å². The van der Waals surface area contributed by atoms with Gasteiger partial charge in [0.2, 0.25) is 5.91 Å². The van der Waals surface area contributed by atoms with Gasteiger partial charge in [0.25, 0.3) is 5.54 Å². The third kappa shape index (κ3) is 2.58. The van der Waals surface area contributed by atoms with Gasteiger partial charge < -0.3 is 5.32 Å². The number of rotatable bonds is 1. The smallest absolute Gasteiger partial charge is 0.313 e.